The molecular formula is C14H16F2O4. The fraction of sp³-hybridized carbons (Fsp3) is 0.429. The Morgan fingerprint density at radius 1 is 1.30 bits per heavy atom. The Kier molecular flexibility index (Phi) is 6.09. The number of rotatable bonds is 6. The van der Waals surface area contributed by atoms with Crippen LogP contribution in [-0.2, 0) is 20.7 Å². The zero-order valence-electron chi connectivity index (χ0n) is 11.3. The van der Waals surface area contributed by atoms with E-state index in [1.165, 1.54) is 25.3 Å². The van der Waals surface area contributed by atoms with E-state index in [0.29, 0.717) is 5.56 Å². The third kappa shape index (κ3) is 4.29. The van der Waals surface area contributed by atoms with Gasteiger partial charge >= 0.3 is 11.9 Å². The molecule has 1 aromatic rings. The predicted molar refractivity (Wildman–Crippen MR) is 67.7 cm³/mol. The smallest absolute Gasteiger partial charge is 0.338 e. The van der Waals surface area contributed by atoms with Crippen LogP contribution in [0.2, 0.25) is 0 Å². The summed E-state index contributed by atoms with van der Waals surface area (Å²) in [4.78, 5) is 22.6. The first-order valence-corrected chi connectivity index (χ1v) is 6.14. The van der Waals surface area contributed by atoms with Gasteiger partial charge < -0.3 is 9.47 Å². The summed E-state index contributed by atoms with van der Waals surface area (Å²) in [7, 11) is 1.26. The van der Waals surface area contributed by atoms with Crippen molar-refractivity contribution in [2.24, 2.45) is 0 Å². The molecule has 1 aromatic carbocycles. The van der Waals surface area contributed by atoms with E-state index in [0.717, 1.165) is 0 Å². The first-order chi connectivity index (χ1) is 9.49. The van der Waals surface area contributed by atoms with Crippen LogP contribution in [0.3, 0.4) is 0 Å². The van der Waals surface area contributed by atoms with Gasteiger partial charge in [-0.1, -0.05) is 6.07 Å². The Labute approximate surface area is 115 Å². The summed E-state index contributed by atoms with van der Waals surface area (Å²) in [6, 6.07) is 4.05. The van der Waals surface area contributed by atoms with Gasteiger partial charge in [-0.05, 0) is 31.0 Å². The highest BCUT2D eigenvalue weighted by Gasteiger charge is 2.20. The average molecular weight is 286 g/mol. The number of aryl methyl sites for hydroxylation is 1. The minimum absolute atomic E-state index is 0.0952. The molecule has 0 heterocycles. The van der Waals surface area contributed by atoms with E-state index in [1.807, 2.05) is 0 Å². The van der Waals surface area contributed by atoms with Crippen LogP contribution in [0.25, 0.3) is 0 Å². The Morgan fingerprint density at radius 3 is 2.55 bits per heavy atom. The Hall–Kier alpha value is -1.98. The van der Waals surface area contributed by atoms with E-state index < -0.39 is 18.4 Å². The molecule has 0 unspecified atom stereocenters. The van der Waals surface area contributed by atoms with E-state index in [4.69, 9.17) is 4.74 Å². The van der Waals surface area contributed by atoms with Crippen molar-refractivity contribution in [3.8, 4) is 0 Å². The number of benzene rings is 1. The zero-order chi connectivity index (χ0) is 15.1. The molecule has 0 saturated carbocycles. The summed E-state index contributed by atoms with van der Waals surface area (Å²) >= 11 is 0. The molecule has 0 spiro atoms. The van der Waals surface area contributed by atoms with Crippen molar-refractivity contribution in [1.29, 1.82) is 0 Å². The van der Waals surface area contributed by atoms with E-state index >= 15 is 0 Å². The zero-order valence-corrected chi connectivity index (χ0v) is 11.3. The van der Waals surface area contributed by atoms with E-state index in [9.17, 15) is 18.4 Å². The first-order valence-electron chi connectivity index (χ1n) is 6.14. The second-order valence-corrected chi connectivity index (χ2v) is 4.02. The Balaban J connectivity index is 2.95. The van der Waals surface area contributed by atoms with Crippen molar-refractivity contribution in [3.63, 3.8) is 0 Å². The third-order valence-corrected chi connectivity index (χ3v) is 2.69. The monoisotopic (exact) mass is 286 g/mol. The molecule has 0 saturated heterocycles. The molecule has 0 radical (unpaired) electrons. The fourth-order valence-electron chi connectivity index (χ4n) is 1.69. The van der Waals surface area contributed by atoms with Gasteiger partial charge in [0.25, 0.3) is 6.43 Å². The predicted octanol–water partition coefficient (Wildman–Crippen LogP) is 2.91. The molecule has 4 nitrogen and oxygen atoms in total. The standard InChI is InChI=1S/C14H16F2O4/c1-3-20-14(18)10-6-4-9(5-7-12(17)19-2)8-11(10)13(15)16/h4,6,8,13H,3,5,7H2,1-2H3. The van der Waals surface area contributed by atoms with Crippen molar-refractivity contribution >= 4 is 11.9 Å². The third-order valence-electron chi connectivity index (χ3n) is 2.69. The lowest BCUT2D eigenvalue weighted by molar-refractivity contribution is -0.140. The molecule has 0 amide bonds. The lowest BCUT2D eigenvalue weighted by Gasteiger charge is -2.10. The summed E-state index contributed by atoms with van der Waals surface area (Å²) in [5.41, 5.74) is 0.00762. The lowest BCUT2D eigenvalue weighted by Crippen LogP contribution is -2.09. The normalized spacial score (nSPS) is 10.4. The summed E-state index contributed by atoms with van der Waals surface area (Å²) in [5, 5.41) is 0. The van der Waals surface area contributed by atoms with E-state index in [1.54, 1.807) is 6.92 Å². The number of carbonyl (C=O) groups excluding carboxylic acids is 2. The quantitative estimate of drug-likeness (QED) is 0.754. The molecule has 0 aliphatic carbocycles. The van der Waals surface area contributed by atoms with Crippen LogP contribution in [0, 0.1) is 0 Å². The second-order valence-electron chi connectivity index (χ2n) is 4.02. The molecule has 0 bridgehead atoms. The van der Waals surface area contributed by atoms with Crippen LogP contribution in [-0.4, -0.2) is 25.7 Å². The van der Waals surface area contributed by atoms with Gasteiger partial charge in [0.2, 0.25) is 0 Å². The van der Waals surface area contributed by atoms with E-state index in [2.05, 4.69) is 4.74 Å². The number of methoxy groups -OCH3 is 1. The Morgan fingerprint density at radius 2 is 2.00 bits per heavy atom. The summed E-state index contributed by atoms with van der Waals surface area (Å²) in [6.45, 7) is 1.72. The van der Waals surface area contributed by atoms with Gasteiger partial charge in [-0.2, -0.15) is 0 Å². The molecule has 0 N–H and O–H groups in total. The number of esters is 2. The van der Waals surface area contributed by atoms with Crippen molar-refractivity contribution in [2.75, 3.05) is 13.7 Å². The Bertz CT molecular complexity index is 486. The first kappa shape index (κ1) is 16.1. The van der Waals surface area contributed by atoms with Gasteiger partial charge in [0.15, 0.2) is 0 Å². The maximum atomic E-state index is 13.0. The van der Waals surface area contributed by atoms with Crippen LogP contribution < -0.4 is 0 Å². The van der Waals surface area contributed by atoms with Crippen LogP contribution in [0.15, 0.2) is 18.2 Å². The van der Waals surface area contributed by atoms with Gasteiger partial charge in [-0.15, -0.1) is 0 Å². The second kappa shape index (κ2) is 7.57. The van der Waals surface area contributed by atoms with Crippen molar-refractivity contribution in [2.45, 2.75) is 26.2 Å². The number of hydrogen-bond acceptors (Lipinski definition) is 4. The topological polar surface area (TPSA) is 52.6 Å². The minimum atomic E-state index is -2.78. The van der Waals surface area contributed by atoms with Gasteiger partial charge in [0.1, 0.15) is 0 Å². The van der Waals surface area contributed by atoms with Crippen molar-refractivity contribution in [1.82, 2.24) is 0 Å². The number of alkyl halides is 2. The van der Waals surface area contributed by atoms with Crippen LogP contribution >= 0.6 is 0 Å². The lowest BCUT2D eigenvalue weighted by atomic mass is 10.0. The maximum Gasteiger partial charge on any atom is 0.338 e. The maximum absolute atomic E-state index is 13.0. The van der Waals surface area contributed by atoms with Crippen LogP contribution in [0.4, 0.5) is 8.78 Å². The fourth-order valence-corrected chi connectivity index (χ4v) is 1.69. The largest absolute Gasteiger partial charge is 0.469 e. The summed E-state index contributed by atoms with van der Waals surface area (Å²) < 4.78 is 35.2. The molecule has 1 rings (SSSR count). The minimum Gasteiger partial charge on any atom is -0.469 e. The SMILES string of the molecule is CCOC(=O)c1ccc(CCC(=O)OC)cc1C(F)F. The molecule has 0 aliphatic rings. The molecule has 0 fully saturated rings. The van der Waals surface area contributed by atoms with Gasteiger partial charge in [0.05, 0.1) is 19.3 Å². The van der Waals surface area contributed by atoms with Gasteiger partial charge in [-0.3, -0.25) is 4.79 Å². The van der Waals surface area contributed by atoms with Crippen molar-refractivity contribution in [3.05, 3.63) is 34.9 Å². The molecule has 0 atom stereocenters. The molecular weight excluding hydrogens is 270 g/mol. The van der Waals surface area contributed by atoms with Crippen LogP contribution in [0.5, 0.6) is 0 Å². The summed E-state index contributed by atoms with van der Waals surface area (Å²) in [6.07, 6.45) is -2.42. The molecule has 6 heteroatoms. The summed E-state index contributed by atoms with van der Waals surface area (Å²) in [5.74, 6) is -1.19. The number of carbonyl (C=O) groups is 2. The molecule has 20 heavy (non-hydrogen) atoms. The number of hydrogen-bond donors (Lipinski definition) is 0. The molecule has 0 aromatic heterocycles. The highest BCUT2D eigenvalue weighted by atomic mass is 19.3. The molecule has 0 aliphatic heterocycles. The highest BCUT2D eigenvalue weighted by molar-refractivity contribution is 5.91. The van der Waals surface area contributed by atoms with Gasteiger partial charge in [0, 0.05) is 12.0 Å². The van der Waals surface area contributed by atoms with Gasteiger partial charge in [-0.25, -0.2) is 13.6 Å². The van der Waals surface area contributed by atoms with Crippen LogP contribution in [0.1, 0.15) is 41.3 Å². The van der Waals surface area contributed by atoms with Crippen molar-refractivity contribution < 1.29 is 27.8 Å². The highest BCUT2D eigenvalue weighted by Crippen LogP contribution is 2.25. The molecule has 110 valence electrons. The average Bonchev–Trinajstić information content (AvgIpc) is 2.44. The number of halogens is 2. The van der Waals surface area contributed by atoms with E-state index in [-0.39, 0.29) is 30.6 Å². The number of ether oxygens (including phenoxy) is 2.